The molecule has 0 amide bonds. The Labute approximate surface area is 161 Å². The summed E-state index contributed by atoms with van der Waals surface area (Å²) in [5.41, 5.74) is 9.11. The fourth-order valence-corrected chi connectivity index (χ4v) is 3.18. The predicted molar refractivity (Wildman–Crippen MR) is 104 cm³/mol. The van der Waals surface area contributed by atoms with Gasteiger partial charge in [-0.15, -0.1) is 0 Å². The van der Waals surface area contributed by atoms with Crippen LogP contribution in [0.15, 0.2) is 48.7 Å². The van der Waals surface area contributed by atoms with Gasteiger partial charge in [-0.05, 0) is 24.6 Å². The molecule has 1 heterocycles. The number of anilines is 1. The molecule has 2 N–H and O–H groups in total. The molecule has 2 aromatic carbocycles. The van der Waals surface area contributed by atoms with E-state index in [4.69, 9.17) is 28.9 Å². The van der Waals surface area contributed by atoms with Gasteiger partial charge in [0.05, 0.1) is 11.3 Å². The van der Waals surface area contributed by atoms with Crippen molar-refractivity contribution in [1.82, 2.24) is 4.57 Å². The number of carbonyl (C=O) groups excluding carboxylic acids is 1. The van der Waals surface area contributed by atoms with Gasteiger partial charge in [0.2, 0.25) is 5.78 Å². The highest BCUT2D eigenvalue weighted by molar-refractivity contribution is 6.35. The third-order valence-corrected chi connectivity index (χ3v) is 4.71. The first-order valence-electron chi connectivity index (χ1n) is 7.84. The number of nitrogen functional groups attached to an aromatic ring is 1. The minimum absolute atomic E-state index is 0.170. The molecule has 0 atom stereocenters. The second-order valence-corrected chi connectivity index (χ2v) is 6.82. The van der Waals surface area contributed by atoms with Crippen molar-refractivity contribution in [3.63, 3.8) is 0 Å². The number of benzene rings is 2. The van der Waals surface area contributed by atoms with E-state index in [1.807, 2.05) is 25.1 Å². The van der Waals surface area contributed by atoms with Crippen LogP contribution in [0.4, 0.5) is 5.69 Å². The number of nitrogens with two attached hydrogens (primary N) is 1. The van der Waals surface area contributed by atoms with Gasteiger partial charge in [-0.3, -0.25) is 4.79 Å². The van der Waals surface area contributed by atoms with Crippen molar-refractivity contribution in [2.45, 2.75) is 13.5 Å². The van der Waals surface area contributed by atoms with E-state index < -0.39 is 0 Å². The second kappa shape index (κ2) is 7.25. The third-order valence-electron chi connectivity index (χ3n) is 4.12. The summed E-state index contributed by atoms with van der Waals surface area (Å²) in [5.74, 6) is -0.242. The SMILES string of the molecule is Cc1ccc(C(=O)c2c(N)c(C#N)cn2Cc2ccc(Cl)cc2Cl)cc1. The number of hydrogen-bond donors (Lipinski definition) is 1. The zero-order chi connectivity index (χ0) is 18.8. The van der Waals surface area contributed by atoms with Crippen molar-refractivity contribution in [3.05, 3.63) is 86.7 Å². The van der Waals surface area contributed by atoms with E-state index in [0.29, 0.717) is 22.2 Å². The molecule has 0 radical (unpaired) electrons. The van der Waals surface area contributed by atoms with Gasteiger partial charge in [0.15, 0.2) is 0 Å². The Morgan fingerprint density at radius 1 is 1.19 bits per heavy atom. The van der Waals surface area contributed by atoms with E-state index in [0.717, 1.165) is 11.1 Å². The van der Waals surface area contributed by atoms with E-state index in [-0.39, 0.29) is 22.7 Å². The summed E-state index contributed by atoms with van der Waals surface area (Å²) in [7, 11) is 0. The fraction of sp³-hybridized carbons (Fsp3) is 0.100. The minimum atomic E-state index is -0.242. The van der Waals surface area contributed by atoms with Crippen LogP contribution in [0.3, 0.4) is 0 Å². The Kier molecular flexibility index (Phi) is 5.03. The molecule has 26 heavy (non-hydrogen) atoms. The van der Waals surface area contributed by atoms with Crippen LogP contribution in [0.1, 0.15) is 32.7 Å². The molecule has 3 rings (SSSR count). The first kappa shape index (κ1) is 18.1. The fourth-order valence-electron chi connectivity index (χ4n) is 2.71. The lowest BCUT2D eigenvalue weighted by Gasteiger charge is -2.11. The van der Waals surface area contributed by atoms with E-state index in [1.54, 1.807) is 41.1 Å². The number of aryl methyl sites for hydroxylation is 1. The molecule has 1 aromatic heterocycles. The predicted octanol–water partition coefficient (Wildman–Crippen LogP) is 4.84. The molecule has 0 aliphatic carbocycles. The third kappa shape index (κ3) is 3.45. The standard InChI is InChI=1S/C20H15Cl2N3O/c1-12-2-4-13(5-3-12)20(26)19-18(24)15(9-23)11-25(19)10-14-6-7-16(21)8-17(14)22/h2-8,11H,10,24H2,1H3. The average Bonchev–Trinajstić information content (AvgIpc) is 2.93. The summed E-state index contributed by atoms with van der Waals surface area (Å²) in [6, 6.07) is 14.4. The lowest BCUT2D eigenvalue weighted by molar-refractivity contribution is 0.103. The lowest BCUT2D eigenvalue weighted by Crippen LogP contribution is -2.13. The van der Waals surface area contributed by atoms with E-state index in [9.17, 15) is 10.1 Å². The van der Waals surface area contributed by atoms with Crippen LogP contribution in [-0.2, 0) is 6.54 Å². The summed E-state index contributed by atoms with van der Waals surface area (Å²) in [6.07, 6.45) is 1.57. The first-order chi connectivity index (χ1) is 12.4. The number of nitrogens with zero attached hydrogens (tertiary/aromatic N) is 2. The molecule has 0 saturated carbocycles. The summed E-state index contributed by atoms with van der Waals surface area (Å²) in [4.78, 5) is 13.0. The highest BCUT2D eigenvalue weighted by Crippen LogP contribution is 2.27. The lowest BCUT2D eigenvalue weighted by atomic mass is 10.0. The summed E-state index contributed by atoms with van der Waals surface area (Å²) in [5, 5.41) is 10.3. The molecular weight excluding hydrogens is 369 g/mol. The number of aromatic nitrogens is 1. The number of nitriles is 1. The van der Waals surface area contributed by atoms with Crippen LogP contribution in [0, 0.1) is 18.3 Å². The van der Waals surface area contributed by atoms with Crippen LogP contribution in [0.2, 0.25) is 10.0 Å². The Morgan fingerprint density at radius 2 is 1.88 bits per heavy atom. The molecule has 0 aliphatic rings. The topological polar surface area (TPSA) is 71.8 Å². The Hall–Kier alpha value is -2.74. The van der Waals surface area contributed by atoms with Gasteiger partial charge in [-0.2, -0.15) is 5.26 Å². The highest BCUT2D eigenvalue weighted by Gasteiger charge is 2.22. The molecule has 130 valence electrons. The zero-order valence-electron chi connectivity index (χ0n) is 14.0. The van der Waals surface area contributed by atoms with Crippen molar-refractivity contribution in [2.75, 3.05) is 5.73 Å². The molecule has 4 nitrogen and oxygen atoms in total. The van der Waals surface area contributed by atoms with Gasteiger partial charge in [-0.25, -0.2) is 0 Å². The molecule has 3 aromatic rings. The summed E-state index contributed by atoms with van der Waals surface area (Å²) >= 11 is 12.2. The average molecular weight is 384 g/mol. The number of rotatable bonds is 4. The molecule has 0 aliphatic heterocycles. The van der Waals surface area contributed by atoms with Gasteiger partial charge in [0, 0.05) is 28.4 Å². The van der Waals surface area contributed by atoms with Crippen LogP contribution >= 0.6 is 23.2 Å². The number of ketones is 1. The smallest absolute Gasteiger partial charge is 0.211 e. The van der Waals surface area contributed by atoms with Gasteiger partial charge in [0.1, 0.15) is 11.8 Å². The molecule has 0 bridgehead atoms. The minimum Gasteiger partial charge on any atom is -0.396 e. The Morgan fingerprint density at radius 3 is 2.50 bits per heavy atom. The maximum absolute atomic E-state index is 13.0. The van der Waals surface area contributed by atoms with Crippen molar-refractivity contribution in [1.29, 1.82) is 5.26 Å². The summed E-state index contributed by atoms with van der Waals surface area (Å²) < 4.78 is 1.66. The van der Waals surface area contributed by atoms with Gasteiger partial charge in [0.25, 0.3) is 0 Å². The van der Waals surface area contributed by atoms with Crippen molar-refractivity contribution < 1.29 is 4.79 Å². The van der Waals surface area contributed by atoms with Gasteiger partial charge in [-0.1, -0.05) is 59.1 Å². The molecular formula is C20H15Cl2N3O. The second-order valence-electron chi connectivity index (χ2n) is 5.98. The molecule has 0 unspecified atom stereocenters. The van der Waals surface area contributed by atoms with Crippen LogP contribution in [-0.4, -0.2) is 10.4 Å². The quantitative estimate of drug-likeness (QED) is 0.655. The molecule has 0 spiro atoms. The first-order valence-corrected chi connectivity index (χ1v) is 8.60. The van der Waals surface area contributed by atoms with Crippen LogP contribution in [0.25, 0.3) is 0 Å². The normalized spacial score (nSPS) is 10.5. The largest absolute Gasteiger partial charge is 0.396 e. The number of carbonyl (C=O) groups is 1. The van der Waals surface area contributed by atoms with E-state index >= 15 is 0 Å². The Balaban J connectivity index is 2.07. The molecule has 0 fully saturated rings. The zero-order valence-corrected chi connectivity index (χ0v) is 15.5. The molecule has 6 heteroatoms. The van der Waals surface area contributed by atoms with E-state index in [2.05, 4.69) is 0 Å². The van der Waals surface area contributed by atoms with Gasteiger partial charge >= 0.3 is 0 Å². The van der Waals surface area contributed by atoms with Crippen LogP contribution in [0.5, 0.6) is 0 Å². The van der Waals surface area contributed by atoms with Crippen molar-refractivity contribution >= 4 is 34.7 Å². The highest BCUT2D eigenvalue weighted by atomic mass is 35.5. The maximum Gasteiger partial charge on any atom is 0.211 e. The maximum atomic E-state index is 13.0. The monoisotopic (exact) mass is 383 g/mol. The van der Waals surface area contributed by atoms with Crippen LogP contribution < -0.4 is 5.73 Å². The summed E-state index contributed by atoms with van der Waals surface area (Å²) in [6.45, 7) is 2.25. The number of halogens is 2. The molecule has 0 saturated heterocycles. The van der Waals surface area contributed by atoms with Crippen molar-refractivity contribution in [3.8, 4) is 6.07 Å². The van der Waals surface area contributed by atoms with Gasteiger partial charge < -0.3 is 10.3 Å². The van der Waals surface area contributed by atoms with Crippen molar-refractivity contribution in [2.24, 2.45) is 0 Å². The van der Waals surface area contributed by atoms with E-state index in [1.165, 1.54) is 0 Å². The Bertz CT molecular complexity index is 1030. The number of hydrogen-bond acceptors (Lipinski definition) is 3.